The molecule has 1 saturated heterocycles. The van der Waals surface area contributed by atoms with E-state index in [2.05, 4.69) is 6.92 Å². The molecule has 1 aromatic carbocycles. The number of benzene rings is 1. The number of unbranched alkanes of at least 4 members (excludes halogenated alkanes) is 1. The average molecular weight is 264 g/mol. The van der Waals surface area contributed by atoms with Crippen LogP contribution in [0.3, 0.4) is 0 Å². The summed E-state index contributed by atoms with van der Waals surface area (Å²) < 4.78 is 5.59. The van der Waals surface area contributed by atoms with E-state index in [1.165, 1.54) is 6.42 Å². The summed E-state index contributed by atoms with van der Waals surface area (Å²) in [5.74, 6) is 2.26. The van der Waals surface area contributed by atoms with Gasteiger partial charge in [0.1, 0.15) is 5.75 Å². The van der Waals surface area contributed by atoms with E-state index in [1.807, 2.05) is 24.3 Å². The Kier molecular flexibility index (Phi) is 5.12. The maximum absolute atomic E-state index is 12.2. The van der Waals surface area contributed by atoms with E-state index in [0.717, 1.165) is 42.9 Å². The van der Waals surface area contributed by atoms with Crippen LogP contribution in [0, 0.1) is 0 Å². The van der Waals surface area contributed by atoms with Gasteiger partial charge in [0.05, 0.1) is 11.9 Å². The molecule has 1 atom stereocenters. The van der Waals surface area contributed by atoms with Gasteiger partial charge in [-0.25, -0.2) is 0 Å². The minimum Gasteiger partial charge on any atom is -0.494 e. The lowest BCUT2D eigenvalue weighted by atomic mass is 10.1. The molecule has 0 aliphatic carbocycles. The SMILES string of the molecule is CCCCOc1ccc(C(=O)C2CCCS2)cc1. The van der Waals surface area contributed by atoms with Crippen LogP contribution in [0.1, 0.15) is 43.0 Å². The van der Waals surface area contributed by atoms with E-state index in [9.17, 15) is 4.79 Å². The fourth-order valence-electron chi connectivity index (χ4n) is 2.02. The molecule has 2 nitrogen and oxygen atoms in total. The Balaban J connectivity index is 1.92. The Hall–Kier alpha value is -0.960. The molecule has 1 unspecified atom stereocenters. The lowest BCUT2D eigenvalue weighted by Crippen LogP contribution is -2.13. The number of carbonyl (C=O) groups is 1. The highest BCUT2D eigenvalue weighted by molar-refractivity contribution is 8.00. The first-order valence-corrected chi connectivity index (χ1v) is 7.75. The molecular formula is C15H20O2S. The highest BCUT2D eigenvalue weighted by atomic mass is 32.2. The van der Waals surface area contributed by atoms with E-state index in [-0.39, 0.29) is 11.0 Å². The normalized spacial score (nSPS) is 18.8. The molecule has 0 saturated carbocycles. The molecule has 1 heterocycles. The van der Waals surface area contributed by atoms with Crippen LogP contribution in [0.15, 0.2) is 24.3 Å². The Morgan fingerprint density at radius 1 is 1.39 bits per heavy atom. The molecule has 0 N–H and O–H groups in total. The summed E-state index contributed by atoms with van der Waals surface area (Å²) in [6.07, 6.45) is 4.40. The van der Waals surface area contributed by atoms with Crippen molar-refractivity contribution in [2.45, 2.75) is 37.9 Å². The molecule has 1 fully saturated rings. The van der Waals surface area contributed by atoms with Gasteiger partial charge in [0.15, 0.2) is 5.78 Å². The van der Waals surface area contributed by atoms with Gasteiger partial charge in [-0.3, -0.25) is 4.79 Å². The first-order chi connectivity index (χ1) is 8.81. The van der Waals surface area contributed by atoms with Crippen molar-refractivity contribution < 1.29 is 9.53 Å². The van der Waals surface area contributed by atoms with Gasteiger partial charge in [0.2, 0.25) is 0 Å². The van der Waals surface area contributed by atoms with E-state index in [0.29, 0.717) is 0 Å². The van der Waals surface area contributed by atoms with Crippen molar-refractivity contribution in [1.82, 2.24) is 0 Å². The second-order valence-electron chi connectivity index (χ2n) is 4.59. The Bertz CT molecular complexity index is 380. The highest BCUT2D eigenvalue weighted by Gasteiger charge is 2.24. The smallest absolute Gasteiger partial charge is 0.175 e. The molecule has 1 aliphatic rings. The lowest BCUT2D eigenvalue weighted by molar-refractivity contribution is 0.0988. The maximum atomic E-state index is 12.2. The Morgan fingerprint density at radius 2 is 2.17 bits per heavy atom. The lowest BCUT2D eigenvalue weighted by Gasteiger charge is -2.09. The fourth-order valence-corrected chi connectivity index (χ4v) is 3.26. The number of thioether (sulfide) groups is 1. The summed E-state index contributed by atoms with van der Waals surface area (Å²) >= 11 is 1.79. The Morgan fingerprint density at radius 3 is 2.78 bits per heavy atom. The fraction of sp³-hybridized carbons (Fsp3) is 0.533. The summed E-state index contributed by atoms with van der Waals surface area (Å²) in [7, 11) is 0. The van der Waals surface area contributed by atoms with Gasteiger partial charge < -0.3 is 4.74 Å². The molecule has 0 aromatic heterocycles. The molecule has 1 aromatic rings. The second kappa shape index (κ2) is 6.83. The highest BCUT2D eigenvalue weighted by Crippen LogP contribution is 2.29. The molecule has 0 spiro atoms. The van der Waals surface area contributed by atoms with Crippen molar-refractivity contribution in [1.29, 1.82) is 0 Å². The molecule has 0 amide bonds. The number of ketones is 1. The number of rotatable bonds is 6. The predicted molar refractivity (Wildman–Crippen MR) is 76.7 cm³/mol. The average Bonchev–Trinajstić information content (AvgIpc) is 2.93. The standard InChI is InChI=1S/C15H20O2S/c1-2-3-10-17-13-8-6-12(7-9-13)15(16)14-5-4-11-18-14/h6-9,14H,2-5,10-11H2,1H3. The van der Waals surface area contributed by atoms with Crippen LogP contribution in [0.5, 0.6) is 5.75 Å². The van der Waals surface area contributed by atoms with Crippen molar-refractivity contribution in [3.63, 3.8) is 0 Å². The van der Waals surface area contributed by atoms with Gasteiger partial charge in [0, 0.05) is 5.56 Å². The largest absolute Gasteiger partial charge is 0.494 e. The zero-order valence-corrected chi connectivity index (χ0v) is 11.7. The summed E-state index contributed by atoms with van der Waals surface area (Å²) in [5, 5.41) is 0.178. The molecule has 2 rings (SSSR count). The van der Waals surface area contributed by atoms with Crippen LogP contribution in [-0.4, -0.2) is 23.4 Å². The minimum atomic E-state index is 0.178. The number of carbonyl (C=O) groups excluding carboxylic acids is 1. The van der Waals surface area contributed by atoms with Crippen molar-refractivity contribution >= 4 is 17.5 Å². The van der Waals surface area contributed by atoms with E-state index >= 15 is 0 Å². The number of hydrogen-bond acceptors (Lipinski definition) is 3. The molecule has 0 bridgehead atoms. The molecule has 18 heavy (non-hydrogen) atoms. The van der Waals surface area contributed by atoms with Gasteiger partial charge >= 0.3 is 0 Å². The van der Waals surface area contributed by atoms with Crippen LogP contribution in [-0.2, 0) is 0 Å². The first kappa shape index (κ1) is 13.5. The van der Waals surface area contributed by atoms with Crippen LogP contribution < -0.4 is 4.74 Å². The van der Waals surface area contributed by atoms with Gasteiger partial charge in [0.25, 0.3) is 0 Å². The second-order valence-corrected chi connectivity index (χ2v) is 5.90. The first-order valence-electron chi connectivity index (χ1n) is 6.70. The van der Waals surface area contributed by atoms with Gasteiger partial charge in [-0.1, -0.05) is 13.3 Å². The quantitative estimate of drug-likeness (QED) is 0.575. The van der Waals surface area contributed by atoms with Crippen molar-refractivity contribution in [2.75, 3.05) is 12.4 Å². The summed E-state index contributed by atoms with van der Waals surface area (Å²) in [4.78, 5) is 12.2. The zero-order chi connectivity index (χ0) is 12.8. The van der Waals surface area contributed by atoms with Crippen LogP contribution in [0.25, 0.3) is 0 Å². The van der Waals surface area contributed by atoms with E-state index in [1.54, 1.807) is 11.8 Å². The van der Waals surface area contributed by atoms with Crippen LogP contribution in [0.4, 0.5) is 0 Å². The minimum absolute atomic E-state index is 0.178. The molecule has 1 aliphatic heterocycles. The number of Topliss-reactive ketones (excluding diaryl/α,β-unsaturated/α-hetero) is 1. The third-order valence-corrected chi connectivity index (χ3v) is 4.50. The van der Waals surface area contributed by atoms with E-state index in [4.69, 9.17) is 4.74 Å². The Labute approximate surface area is 113 Å². The predicted octanol–water partition coefficient (Wildman–Crippen LogP) is 3.94. The summed E-state index contributed by atoms with van der Waals surface area (Å²) in [6.45, 7) is 2.90. The van der Waals surface area contributed by atoms with Gasteiger partial charge in [-0.15, -0.1) is 0 Å². The molecule has 98 valence electrons. The topological polar surface area (TPSA) is 26.3 Å². The third kappa shape index (κ3) is 3.52. The number of hydrogen-bond donors (Lipinski definition) is 0. The van der Waals surface area contributed by atoms with Crippen molar-refractivity contribution in [3.8, 4) is 5.75 Å². The van der Waals surface area contributed by atoms with Gasteiger partial charge in [-0.2, -0.15) is 11.8 Å². The van der Waals surface area contributed by atoms with Crippen molar-refractivity contribution in [2.24, 2.45) is 0 Å². The van der Waals surface area contributed by atoms with E-state index < -0.39 is 0 Å². The number of ether oxygens (including phenoxy) is 1. The molecule has 0 radical (unpaired) electrons. The van der Waals surface area contributed by atoms with Crippen molar-refractivity contribution in [3.05, 3.63) is 29.8 Å². The third-order valence-electron chi connectivity index (χ3n) is 3.13. The van der Waals surface area contributed by atoms with Crippen LogP contribution in [0.2, 0.25) is 0 Å². The summed E-state index contributed by atoms with van der Waals surface area (Å²) in [5.41, 5.74) is 0.817. The zero-order valence-electron chi connectivity index (χ0n) is 10.9. The molecular weight excluding hydrogens is 244 g/mol. The summed E-state index contributed by atoms with van der Waals surface area (Å²) in [6, 6.07) is 7.59. The van der Waals surface area contributed by atoms with Gasteiger partial charge in [-0.05, 0) is 49.3 Å². The monoisotopic (exact) mass is 264 g/mol. The maximum Gasteiger partial charge on any atom is 0.175 e. The molecule has 3 heteroatoms. The van der Waals surface area contributed by atoms with Crippen LogP contribution >= 0.6 is 11.8 Å².